The minimum Gasteiger partial charge on any atom is -0.330 e. The number of aromatic nitrogens is 1. The maximum atomic E-state index is 13.2. The highest BCUT2D eigenvalue weighted by Crippen LogP contribution is 2.26. The van der Waals surface area contributed by atoms with Gasteiger partial charge in [0, 0.05) is 17.8 Å². The first-order valence-corrected chi connectivity index (χ1v) is 8.25. The molecule has 23 heavy (non-hydrogen) atoms. The smallest absolute Gasteiger partial charge is 0.123 e. The number of unbranched alkanes of at least 4 members (excludes halogenated alkanes) is 1. The van der Waals surface area contributed by atoms with Crippen LogP contribution >= 0.6 is 0 Å². The molecule has 0 aliphatic rings. The van der Waals surface area contributed by atoms with Gasteiger partial charge < -0.3 is 10.6 Å². The third-order valence-electron chi connectivity index (χ3n) is 4.11. The Morgan fingerprint density at radius 2 is 1.87 bits per heavy atom. The van der Waals surface area contributed by atoms with E-state index in [1.165, 1.54) is 12.1 Å². The molecule has 1 unspecified atom stereocenters. The Morgan fingerprint density at radius 3 is 2.52 bits per heavy atom. The minimum atomic E-state index is -0.201. The van der Waals surface area contributed by atoms with Crippen molar-refractivity contribution in [2.75, 3.05) is 26.7 Å². The molecule has 0 spiro atoms. The Labute approximate surface area is 138 Å². The van der Waals surface area contributed by atoms with Gasteiger partial charge in [0.25, 0.3) is 0 Å². The molecule has 0 amide bonds. The first-order valence-electron chi connectivity index (χ1n) is 8.25. The van der Waals surface area contributed by atoms with Crippen LogP contribution in [-0.2, 0) is 0 Å². The molecule has 1 aromatic heterocycles. The van der Waals surface area contributed by atoms with Crippen molar-refractivity contribution in [1.82, 2.24) is 9.88 Å². The van der Waals surface area contributed by atoms with Gasteiger partial charge in [-0.15, -0.1) is 0 Å². The Morgan fingerprint density at radius 1 is 1.09 bits per heavy atom. The highest BCUT2D eigenvalue weighted by atomic mass is 19.1. The van der Waals surface area contributed by atoms with Crippen molar-refractivity contribution in [1.29, 1.82) is 0 Å². The number of nitrogens with zero attached hydrogens (tertiary/aromatic N) is 2. The summed E-state index contributed by atoms with van der Waals surface area (Å²) >= 11 is 0. The Balaban J connectivity index is 2.04. The summed E-state index contributed by atoms with van der Waals surface area (Å²) in [7, 11) is 2.14. The zero-order valence-corrected chi connectivity index (χ0v) is 13.8. The summed E-state index contributed by atoms with van der Waals surface area (Å²) in [6.07, 6.45) is 4.96. The second-order valence-electron chi connectivity index (χ2n) is 5.95. The molecule has 1 atom stereocenters. The van der Waals surface area contributed by atoms with E-state index in [2.05, 4.69) is 16.9 Å². The maximum Gasteiger partial charge on any atom is 0.123 e. The number of hydrogen-bond donors (Lipinski definition) is 1. The van der Waals surface area contributed by atoms with Crippen LogP contribution in [0.3, 0.4) is 0 Å². The molecule has 0 saturated carbocycles. The quantitative estimate of drug-likeness (QED) is 0.721. The number of nitrogens with two attached hydrogens (primary N) is 1. The molecule has 0 radical (unpaired) electrons. The molecule has 2 rings (SSSR count). The van der Waals surface area contributed by atoms with Crippen LogP contribution < -0.4 is 5.73 Å². The molecule has 3 nitrogen and oxygen atoms in total. The maximum absolute atomic E-state index is 13.2. The fourth-order valence-corrected chi connectivity index (χ4v) is 2.75. The molecule has 0 fully saturated rings. The van der Waals surface area contributed by atoms with Crippen molar-refractivity contribution in [3.8, 4) is 0 Å². The molecule has 0 bridgehead atoms. The molecule has 4 heteroatoms. The van der Waals surface area contributed by atoms with E-state index >= 15 is 0 Å². The van der Waals surface area contributed by atoms with E-state index in [1.54, 1.807) is 0 Å². The topological polar surface area (TPSA) is 42.1 Å². The SMILES string of the molecule is CN(CCCCN)CCC(c1ccc(F)cc1)c1ccccn1. The fourth-order valence-electron chi connectivity index (χ4n) is 2.75. The summed E-state index contributed by atoms with van der Waals surface area (Å²) in [6.45, 7) is 2.78. The molecule has 0 aliphatic heterocycles. The van der Waals surface area contributed by atoms with Crippen LogP contribution in [-0.4, -0.2) is 36.6 Å². The van der Waals surface area contributed by atoms with Gasteiger partial charge in [0.15, 0.2) is 0 Å². The molecule has 1 heterocycles. The van der Waals surface area contributed by atoms with Gasteiger partial charge in [-0.3, -0.25) is 4.98 Å². The molecule has 124 valence electrons. The van der Waals surface area contributed by atoms with Crippen LogP contribution in [0.2, 0.25) is 0 Å². The fraction of sp³-hybridized carbons (Fsp3) is 0.421. The third-order valence-corrected chi connectivity index (χ3v) is 4.11. The van der Waals surface area contributed by atoms with Gasteiger partial charge in [0.2, 0.25) is 0 Å². The third kappa shape index (κ3) is 5.73. The summed E-state index contributed by atoms with van der Waals surface area (Å²) in [6, 6.07) is 12.7. The summed E-state index contributed by atoms with van der Waals surface area (Å²) in [5, 5.41) is 0. The van der Waals surface area contributed by atoms with E-state index < -0.39 is 0 Å². The lowest BCUT2D eigenvalue weighted by Crippen LogP contribution is -2.23. The predicted octanol–water partition coefficient (Wildman–Crippen LogP) is 3.41. The van der Waals surface area contributed by atoms with E-state index in [1.807, 2.05) is 36.5 Å². The van der Waals surface area contributed by atoms with Gasteiger partial charge in [-0.1, -0.05) is 18.2 Å². The largest absolute Gasteiger partial charge is 0.330 e. The van der Waals surface area contributed by atoms with Crippen LogP contribution in [0.25, 0.3) is 0 Å². The Hall–Kier alpha value is -1.78. The first kappa shape index (κ1) is 17.6. The molecule has 2 aromatic rings. The van der Waals surface area contributed by atoms with Gasteiger partial charge in [0.05, 0.1) is 0 Å². The van der Waals surface area contributed by atoms with E-state index in [-0.39, 0.29) is 11.7 Å². The Kier molecular flexibility index (Phi) is 7.17. The monoisotopic (exact) mass is 315 g/mol. The summed E-state index contributed by atoms with van der Waals surface area (Å²) in [4.78, 5) is 6.83. The zero-order chi connectivity index (χ0) is 16.5. The van der Waals surface area contributed by atoms with E-state index in [0.29, 0.717) is 0 Å². The van der Waals surface area contributed by atoms with Crippen molar-refractivity contribution >= 4 is 0 Å². The van der Waals surface area contributed by atoms with E-state index in [9.17, 15) is 4.39 Å². The number of halogens is 1. The molecular formula is C19H26FN3. The molecular weight excluding hydrogens is 289 g/mol. The van der Waals surface area contributed by atoms with Gasteiger partial charge in [-0.2, -0.15) is 0 Å². The Bertz CT molecular complexity index is 557. The summed E-state index contributed by atoms with van der Waals surface area (Å²) in [5.41, 5.74) is 7.69. The lowest BCUT2D eigenvalue weighted by Gasteiger charge is -2.22. The molecule has 1 aromatic carbocycles. The number of benzene rings is 1. The van der Waals surface area contributed by atoms with E-state index in [4.69, 9.17) is 5.73 Å². The number of hydrogen-bond acceptors (Lipinski definition) is 3. The van der Waals surface area contributed by atoms with Crippen LogP contribution in [0, 0.1) is 5.82 Å². The van der Waals surface area contributed by atoms with E-state index in [0.717, 1.165) is 50.2 Å². The molecule has 0 aliphatic carbocycles. The van der Waals surface area contributed by atoms with Gasteiger partial charge in [-0.05, 0) is 75.8 Å². The minimum absolute atomic E-state index is 0.189. The van der Waals surface area contributed by atoms with Crippen molar-refractivity contribution in [3.05, 3.63) is 65.7 Å². The van der Waals surface area contributed by atoms with Crippen molar-refractivity contribution in [2.24, 2.45) is 5.73 Å². The van der Waals surface area contributed by atoms with Crippen LogP contribution in [0.5, 0.6) is 0 Å². The average Bonchev–Trinajstić information content (AvgIpc) is 2.58. The van der Waals surface area contributed by atoms with Crippen molar-refractivity contribution < 1.29 is 4.39 Å². The van der Waals surface area contributed by atoms with Crippen LogP contribution in [0.15, 0.2) is 48.7 Å². The predicted molar refractivity (Wildman–Crippen MR) is 92.9 cm³/mol. The van der Waals surface area contributed by atoms with Gasteiger partial charge in [0.1, 0.15) is 5.82 Å². The second-order valence-corrected chi connectivity index (χ2v) is 5.95. The number of rotatable bonds is 9. The summed E-state index contributed by atoms with van der Waals surface area (Å²) < 4.78 is 13.2. The molecule has 2 N–H and O–H groups in total. The number of pyridine rings is 1. The van der Waals surface area contributed by atoms with Crippen LogP contribution in [0.4, 0.5) is 4.39 Å². The van der Waals surface area contributed by atoms with Gasteiger partial charge >= 0.3 is 0 Å². The van der Waals surface area contributed by atoms with Crippen LogP contribution in [0.1, 0.15) is 36.4 Å². The standard InChI is InChI=1S/C19H26FN3/c1-23(14-5-3-12-21)15-11-18(19-6-2-4-13-22-19)16-7-9-17(20)10-8-16/h2,4,6-10,13,18H,3,5,11-12,14-15,21H2,1H3. The lowest BCUT2D eigenvalue weighted by atomic mass is 9.91. The van der Waals surface area contributed by atoms with Crippen molar-refractivity contribution in [2.45, 2.75) is 25.2 Å². The van der Waals surface area contributed by atoms with Gasteiger partial charge in [-0.25, -0.2) is 4.39 Å². The average molecular weight is 315 g/mol. The molecule has 0 saturated heterocycles. The van der Waals surface area contributed by atoms with Crippen molar-refractivity contribution in [3.63, 3.8) is 0 Å². The normalized spacial score (nSPS) is 12.5. The summed E-state index contributed by atoms with van der Waals surface area (Å²) in [5.74, 6) is -0.0128. The zero-order valence-electron chi connectivity index (χ0n) is 13.8. The highest BCUT2D eigenvalue weighted by molar-refractivity contribution is 5.28. The first-order chi connectivity index (χ1) is 11.2. The lowest BCUT2D eigenvalue weighted by molar-refractivity contribution is 0.316. The second kappa shape index (κ2) is 9.38. The highest BCUT2D eigenvalue weighted by Gasteiger charge is 2.16.